The van der Waals surface area contributed by atoms with Crippen LogP contribution in [0.3, 0.4) is 0 Å². The van der Waals surface area contributed by atoms with Crippen molar-refractivity contribution in [2.45, 2.75) is 34.5 Å². The van der Waals surface area contributed by atoms with Crippen LogP contribution in [0.4, 0.5) is 0 Å². The van der Waals surface area contributed by atoms with Gasteiger partial charge in [-0.25, -0.2) is 0 Å². The van der Waals surface area contributed by atoms with Crippen LogP contribution >= 0.6 is 63.7 Å². The second-order valence-electron chi connectivity index (χ2n) is 6.88. The molecule has 0 fully saturated rings. The lowest BCUT2D eigenvalue weighted by atomic mass is 9.96. The van der Waals surface area contributed by atoms with Crippen molar-refractivity contribution >= 4 is 88.9 Å². The van der Waals surface area contributed by atoms with Crippen molar-refractivity contribution in [3.8, 4) is 0 Å². The summed E-state index contributed by atoms with van der Waals surface area (Å²) < 4.78 is -2.36. The highest BCUT2D eigenvalue weighted by atomic mass is 79.9. The zero-order chi connectivity index (χ0) is 29.7. The Balaban J connectivity index is -0.0000000728. The zero-order valence-electron chi connectivity index (χ0n) is 19.1. The summed E-state index contributed by atoms with van der Waals surface area (Å²) in [5, 5.41) is 75.5. The maximum Gasteiger partial charge on any atom is 0.631 e. The molecule has 0 saturated heterocycles. The number of aliphatic hydroxyl groups excluding tert-OH is 2. The summed E-state index contributed by atoms with van der Waals surface area (Å²) in [7, 11) is -2.17. The molecule has 0 aliphatic carbocycles. The van der Waals surface area contributed by atoms with Gasteiger partial charge in [-0.15, -0.1) is 0 Å². The Morgan fingerprint density at radius 3 is 0.706 bits per heavy atom. The minimum Gasteiger partial charge on any atom is -0.402 e. The maximum absolute atomic E-state index is 9.22. The number of hydrogen-bond donors (Lipinski definition) is 16. The van der Waals surface area contributed by atoms with Crippen LogP contribution in [-0.4, -0.2) is 80.8 Å². The van der Waals surface area contributed by atoms with Gasteiger partial charge in [0.05, 0.1) is 13.2 Å². The molecule has 34 heavy (non-hydrogen) atoms. The Bertz CT molecular complexity index is 481. The summed E-state index contributed by atoms with van der Waals surface area (Å²) in [6, 6.07) is 0. The molecule has 208 valence electrons. The first-order chi connectivity index (χ1) is 14.5. The van der Waals surface area contributed by atoms with Crippen molar-refractivity contribution in [2.24, 2.45) is 45.2 Å². The first-order valence-corrected chi connectivity index (χ1v) is 11.5. The van der Waals surface area contributed by atoms with Crippen LogP contribution in [0.25, 0.3) is 0 Å². The summed E-state index contributed by atoms with van der Waals surface area (Å²) >= 11 is 11.9. The van der Waals surface area contributed by atoms with Gasteiger partial charge in [0, 0.05) is 10.8 Å². The number of hydrogen-bond acceptors (Lipinski definition) is 10. The van der Waals surface area contributed by atoms with Crippen molar-refractivity contribution in [1.29, 1.82) is 16.2 Å². The van der Waals surface area contributed by atoms with E-state index in [-0.39, 0.29) is 31.1 Å². The number of aliphatic hydroxyl groups is 4. The summed E-state index contributed by atoms with van der Waals surface area (Å²) in [4.78, 5) is 0. The van der Waals surface area contributed by atoms with E-state index in [9.17, 15) is 10.2 Å². The highest BCUT2D eigenvalue weighted by Crippen LogP contribution is 2.41. The van der Waals surface area contributed by atoms with Crippen LogP contribution in [0.2, 0.25) is 0 Å². The molecule has 0 aromatic carbocycles. The predicted molar refractivity (Wildman–Crippen MR) is 148 cm³/mol. The average molecular weight is 763 g/mol. The molecule has 0 bridgehead atoms. The molecule has 0 atom stereocenters. The lowest BCUT2D eigenvalue weighted by Gasteiger charge is -2.31. The number of nitrogens with one attached hydrogen (secondary N) is 3. The highest BCUT2D eigenvalue weighted by molar-refractivity contribution is 9.25. The standard InChI is InChI=1S/2C5H10Br2O2.3CH5N3.BH3O3/c2*1-4(2,3-8)5(6,7)9;4*2-1(3)4/h2*8-9H,3H2,1-2H3;3*(H5,2,3,4);2-4H. The average Bonchev–Trinajstić information content (AvgIpc) is 2.51. The number of halogens is 4. The van der Waals surface area contributed by atoms with E-state index in [0.717, 1.165) is 0 Å². The minimum absolute atomic E-state index is 0.0833. The molecule has 21 heteroatoms. The van der Waals surface area contributed by atoms with E-state index in [4.69, 9.17) is 41.5 Å². The van der Waals surface area contributed by atoms with Crippen molar-refractivity contribution in [1.82, 2.24) is 0 Å². The fourth-order valence-corrected chi connectivity index (χ4v) is 0.692. The Kier molecular flexibility index (Phi) is 31.6. The van der Waals surface area contributed by atoms with Gasteiger partial charge < -0.3 is 69.9 Å². The molecular formula is C13H38BBr4N9O7. The molecule has 0 aliphatic rings. The van der Waals surface area contributed by atoms with Gasteiger partial charge in [0.15, 0.2) is 24.7 Å². The summed E-state index contributed by atoms with van der Waals surface area (Å²) in [5.41, 5.74) is 25.7. The second kappa shape index (κ2) is 22.9. The van der Waals surface area contributed by atoms with Crippen molar-refractivity contribution in [3.63, 3.8) is 0 Å². The van der Waals surface area contributed by atoms with Crippen LogP contribution in [0.1, 0.15) is 27.7 Å². The van der Waals surface area contributed by atoms with Crippen molar-refractivity contribution < 1.29 is 35.5 Å². The topological polar surface area (TPSA) is 369 Å². The lowest BCUT2D eigenvalue weighted by molar-refractivity contribution is 0.0506. The van der Waals surface area contributed by atoms with E-state index in [0.29, 0.717) is 0 Å². The zero-order valence-corrected chi connectivity index (χ0v) is 25.4. The molecule has 0 aromatic heterocycles. The number of alkyl halides is 4. The summed E-state index contributed by atoms with van der Waals surface area (Å²) in [5.74, 6) is -1.000. The van der Waals surface area contributed by atoms with Gasteiger partial charge in [0.1, 0.15) is 0 Å². The van der Waals surface area contributed by atoms with Crippen LogP contribution in [0.15, 0.2) is 0 Å². The van der Waals surface area contributed by atoms with E-state index in [1.54, 1.807) is 27.7 Å². The largest absolute Gasteiger partial charge is 0.631 e. The molecule has 22 N–H and O–H groups in total. The van der Waals surface area contributed by atoms with Crippen LogP contribution in [-0.2, 0) is 0 Å². The van der Waals surface area contributed by atoms with Gasteiger partial charge in [-0.1, -0.05) is 27.7 Å². The maximum atomic E-state index is 9.22. The van der Waals surface area contributed by atoms with E-state index in [1.807, 2.05) is 0 Å². The molecule has 0 aliphatic heterocycles. The Hall–Kier alpha value is -0.485. The first-order valence-electron chi connectivity index (χ1n) is 8.30. The fraction of sp³-hybridized carbons (Fsp3) is 0.769. The summed E-state index contributed by atoms with van der Waals surface area (Å²) in [6.45, 7) is 6.76. The molecule has 0 amide bonds. The minimum atomic E-state index is -2.17. The summed E-state index contributed by atoms with van der Waals surface area (Å²) in [6.07, 6.45) is 0. The van der Waals surface area contributed by atoms with Gasteiger partial charge in [-0.2, -0.15) is 0 Å². The van der Waals surface area contributed by atoms with Gasteiger partial charge in [0.2, 0.25) is 0 Å². The third-order valence-electron chi connectivity index (χ3n) is 2.42. The van der Waals surface area contributed by atoms with Crippen molar-refractivity contribution in [3.05, 3.63) is 0 Å². The van der Waals surface area contributed by atoms with Crippen LogP contribution in [0, 0.1) is 27.1 Å². The molecule has 0 spiro atoms. The molecule has 0 aromatic rings. The van der Waals surface area contributed by atoms with Crippen LogP contribution in [0.5, 0.6) is 0 Å². The number of guanidine groups is 3. The third kappa shape index (κ3) is 53.1. The first kappa shape index (κ1) is 46.8. The molecule has 0 heterocycles. The molecule has 0 unspecified atom stereocenters. The Morgan fingerprint density at radius 2 is 0.706 bits per heavy atom. The fourth-order valence-electron chi connectivity index (χ4n) is 0.190. The third-order valence-corrected chi connectivity index (χ3v) is 6.71. The van der Waals surface area contributed by atoms with Gasteiger partial charge in [-0.05, 0) is 63.7 Å². The van der Waals surface area contributed by atoms with E-state index >= 15 is 0 Å². The van der Waals surface area contributed by atoms with E-state index in [2.05, 4.69) is 98.1 Å². The predicted octanol–water partition coefficient (Wildman–Crippen LogP) is -2.65. The molecular weight excluding hydrogens is 725 g/mol. The lowest BCUT2D eigenvalue weighted by Crippen LogP contribution is -2.36. The second-order valence-corrected chi connectivity index (χ2v) is 13.6. The normalized spacial score (nSPS) is 10.3. The SMILES string of the molecule is CC(C)(CO)C(O)(Br)Br.CC(C)(CO)C(O)(Br)Br.N=C(N)N.N=C(N)N.N=C(N)N.OB(O)O. The molecule has 0 saturated carbocycles. The Labute approximate surface area is 232 Å². The van der Waals surface area contributed by atoms with Crippen molar-refractivity contribution in [2.75, 3.05) is 13.2 Å². The molecule has 0 rings (SSSR count). The van der Waals surface area contributed by atoms with E-state index in [1.165, 1.54) is 0 Å². The van der Waals surface area contributed by atoms with Gasteiger partial charge in [-0.3, -0.25) is 16.2 Å². The van der Waals surface area contributed by atoms with Gasteiger partial charge >= 0.3 is 7.32 Å². The smallest absolute Gasteiger partial charge is 0.402 e. The number of nitrogens with two attached hydrogens (primary N) is 6. The van der Waals surface area contributed by atoms with E-state index < -0.39 is 25.0 Å². The van der Waals surface area contributed by atoms with Crippen LogP contribution < -0.4 is 34.4 Å². The molecule has 0 radical (unpaired) electrons. The van der Waals surface area contributed by atoms with Gasteiger partial charge in [0.25, 0.3) is 0 Å². The monoisotopic (exact) mass is 759 g/mol. The quantitative estimate of drug-likeness (QED) is 0.0603. The molecule has 16 nitrogen and oxygen atoms in total. The Morgan fingerprint density at radius 1 is 0.618 bits per heavy atom. The number of rotatable bonds is 4. The highest BCUT2D eigenvalue weighted by Gasteiger charge is 2.38.